The van der Waals surface area contributed by atoms with Crippen LogP contribution in [0.1, 0.15) is 6.42 Å². The lowest BCUT2D eigenvalue weighted by molar-refractivity contribution is -0.121. The Morgan fingerprint density at radius 2 is 2.17 bits per heavy atom. The quantitative estimate of drug-likeness (QED) is 0.488. The highest BCUT2D eigenvalue weighted by molar-refractivity contribution is 6.41. The van der Waals surface area contributed by atoms with Gasteiger partial charge in [0.05, 0.1) is 6.61 Å². The lowest BCUT2D eigenvalue weighted by atomic mass is 10.2. The highest BCUT2D eigenvalue weighted by atomic mass is 35.5. The minimum Gasteiger partial charge on any atom is -0.384 e. The molecule has 0 spiro atoms. The number of carbonyl (C=O) groups excluding carboxylic acids is 2. The molecule has 0 saturated heterocycles. The van der Waals surface area contributed by atoms with Crippen molar-refractivity contribution in [3.05, 3.63) is 0 Å². The van der Waals surface area contributed by atoms with Crippen LogP contribution < -0.4 is 0 Å². The van der Waals surface area contributed by atoms with E-state index in [0.717, 1.165) is 0 Å². The van der Waals surface area contributed by atoms with Crippen molar-refractivity contribution in [3.63, 3.8) is 0 Å². The molecule has 0 amide bonds. The molecule has 0 rings (SSSR count). The Labute approximate surface area is 81.0 Å². The molecule has 0 aromatic heterocycles. The van der Waals surface area contributed by atoms with Gasteiger partial charge in [0.2, 0.25) is 0 Å². The first-order valence-corrected chi connectivity index (χ1v) is 4.25. The molecule has 0 aromatic carbocycles. The molecular formula is C7H10Cl2O3. The monoisotopic (exact) mass is 212 g/mol. The maximum atomic E-state index is 11.0. The van der Waals surface area contributed by atoms with Gasteiger partial charge >= 0.3 is 0 Å². The second-order valence-corrected chi connectivity index (χ2v) is 3.17. The Morgan fingerprint density at radius 3 is 2.58 bits per heavy atom. The van der Waals surface area contributed by atoms with Crippen LogP contribution in [0.25, 0.3) is 0 Å². The summed E-state index contributed by atoms with van der Waals surface area (Å²) in [4.78, 5) is 21.2. The van der Waals surface area contributed by atoms with E-state index in [1.165, 1.54) is 7.11 Å². The molecular weight excluding hydrogens is 203 g/mol. The number of aldehydes is 1. The first-order chi connectivity index (χ1) is 5.63. The van der Waals surface area contributed by atoms with Crippen molar-refractivity contribution in [2.24, 2.45) is 0 Å². The van der Waals surface area contributed by atoms with Gasteiger partial charge in [0.1, 0.15) is 17.0 Å². The smallest absolute Gasteiger partial charge is 0.154 e. The average Bonchev–Trinajstić information content (AvgIpc) is 2.11. The molecule has 0 aliphatic heterocycles. The van der Waals surface area contributed by atoms with Gasteiger partial charge in [-0.25, -0.2) is 0 Å². The first-order valence-electron chi connectivity index (χ1n) is 3.38. The van der Waals surface area contributed by atoms with E-state index in [1.807, 2.05) is 0 Å². The molecule has 12 heavy (non-hydrogen) atoms. The lowest BCUT2D eigenvalue weighted by Crippen LogP contribution is -2.26. The third-order valence-corrected chi connectivity index (χ3v) is 2.27. The lowest BCUT2D eigenvalue weighted by Gasteiger charge is -2.08. The van der Waals surface area contributed by atoms with Crippen molar-refractivity contribution in [1.29, 1.82) is 0 Å². The van der Waals surface area contributed by atoms with Crippen LogP contribution in [0.3, 0.4) is 0 Å². The fraction of sp³-hybridized carbons (Fsp3) is 0.714. The molecule has 3 nitrogen and oxygen atoms in total. The van der Waals surface area contributed by atoms with E-state index in [9.17, 15) is 9.59 Å². The van der Waals surface area contributed by atoms with Crippen molar-refractivity contribution >= 4 is 35.3 Å². The van der Waals surface area contributed by atoms with Crippen molar-refractivity contribution in [2.75, 3.05) is 13.7 Å². The van der Waals surface area contributed by atoms with Crippen LogP contribution in [0.15, 0.2) is 0 Å². The third kappa shape index (κ3) is 4.04. The average molecular weight is 213 g/mol. The molecule has 2 atom stereocenters. The maximum Gasteiger partial charge on any atom is 0.154 e. The summed E-state index contributed by atoms with van der Waals surface area (Å²) < 4.78 is 4.67. The van der Waals surface area contributed by atoms with Gasteiger partial charge in [0, 0.05) is 13.5 Å². The van der Waals surface area contributed by atoms with E-state index in [-0.39, 0.29) is 12.2 Å². The Morgan fingerprint density at radius 1 is 1.58 bits per heavy atom. The van der Waals surface area contributed by atoms with E-state index in [2.05, 4.69) is 4.74 Å². The van der Waals surface area contributed by atoms with Gasteiger partial charge in [0.15, 0.2) is 5.78 Å². The Balaban J connectivity index is 3.83. The number of hydrogen-bond donors (Lipinski definition) is 0. The zero-order valence-corrected chi connectivity index (χ0v) is 8.14. The number of Topliss-reactive ketones (excluding diaryl/α,β-unsaturated/α-hetero) is 1. The highest BCUT2D eigenvalue weighted by Gasteiger charge is 2.23. The van der Waals surface area contributed by atoms with Gasteiger partial charge in [-0.3, -0.25) is 4.79 Å². The van der Waals surface area contributed by atoms with Crippen LogP contribution in [0, 0.1) is 0 Å². The molecule has 0 aliphatic rings. The molecule has 0 aromatic rings. The van der Waals surface area contributed by atoms with Crippen LogP contribution in [0.5, 0.6) is 0 Å². The number of ketones is 1. The van der Waals surface area contributed by atoms with Gasteiger partial charge in [0.25, 0.3) is 0 Å². The van der Waals surface area contributed by atoms with Gasteiger partial charge in [-0.2, -0.15) is 0 Å². The molecule has 0 fully saturated rings. The Bertz CT molecular complexity index is 161. The molecule has 0 N–H and O–H groups in total. The molecule has 0 radical (unpaired) electrons. The van der Waals surface area contributed by atoms with Crippen LogP contribution in [0.4, 0.5) is 0 Å². The molecule has 0 heterocycles. The Hall–Kier alpha value is -0.120. The van der Waals surface area contributed by atoms with Crippen LogP contribution in [-0.2, 0) is 14.3 Å². The van der Waals surface area contributed by atoms with E-state index < -0.39 is 10.8 Å². The number of halogens is 2. The summed E-state index contributed by atoms with van der Waals surface area (Å²) in [5.74, 6) is -0.273. The SMILES string of the molecule is COCCC(=O)C(Cl)C(Cl)C=O. The van der Waals surface area contributed by atoms with Gasteiger partial charge in [-0.05, 0) is 0 Å². The molecule has 0 saturated carbocycles. The summed E-state index contributed by atoms with van der Waals surface area (Å²) in [7, 11) is 1.48. The van der Waals surface area contributed by atoms with E-state index in [0.29, 0.717) is 12.9 Å². The van der Waals surface area contributed by atoms with Crippen molar-refractivity contribution in [1.82, 2.24) is 0 Å². The normalized spacial score (nSPS) is 15.2. The fourth-order valence-electron chi connectivity index (χ4n) is 0.587. The first kappa shape index (κ1) is 11.9. The summed E-state index contributed by atoms with van der Waals surface area (Å²) in [6.45, 7) is 0.296. The van der Waals surface area contributed by atoms with Gasteiger partial charge in [-0.15, -0.1) is 23.2 Å². The largest absolute Gasteiger partial charge is 0.384 e. The summed E-state index contributed by atoms with van der Waals surface area (Å²) in [5, 5.41) is -1.89. The number of methoxy groups -OCH3 is 1. The summed E-state index contributed by atoms with van der Waals surface area (Å²) in [6, 6.07) is 0. The van der Waals surface area contributed by atoms with Crippen molar-refractivity contribution in [2.45, 2.75) is 17.2 Å². The number of hydrogen-bond acceptors (Lipinski definition) is 3. The Kier molecular flexibility index (Phi) is 6.34. The molecule has 0 bridgehead atoms. The summed E-state index contributed by atoms with van der Waals surface area (Å²) >= 11 is 11.0. The number of rotatable bonds is 6. The zero-order valence-electron chi connectivity index (χ0n) is 6.63. The van der Waals surface area contributed by atoms with Gasteiger partial charge < -0.3 is 9.53 Å². The second kappa shape index (κ2) is 6.40. The molecule has 0 aliphatic carbocycles. The summed E-state index contributed by atoms with van der Waals surface area (Å²) in [6.07, 6.45) is 0.631. The highest BCUT2D eigenvalue weighted by Crippen LogP contribution is 2.10. The topological polar surface area (TPSA) is 43.4 Å². The van der Waals surface area contributed by atoms with Crippen LogP contribution >= 0.6 is 23.2 Å². The van der Waals surface area contributed by atoms with Gasteiger partial charge in [-0.1, -0.05) is 0 Å². The third-order valence-electron chi connectivity index (χ3n) is 1.27. The molecule has 5 heteroatoms. The zero-order chi connectivity index (χ0) is 9.56. The minimum atomic E-state index is -0.948. The predicted octanol–water partition coefficient (Wildman–Crippen LogP) is 1.01. The number of carbonyl (C=O) groups is 2. The second-order valence-electron chi connectivity index (χ2n) is 2.19. The predicted molar refractivity (Wildman–Crippen MR) is 46.8 cm³/mol. The summed E-state index contributed by atoms with van der Waals surface area (Å²) in [5.41, 5.74) is 0. The molecule has 2 unspecified atom stereocenters. The van der Waals surface area contributed by atoms with Crippen molar-refractivity contribution in [3.8, 4) is 0 Å². The maximum absolute atomic E-state index is 11.0. The van der Waals surface area contributed by atoms with E-state index >= 15 is 0 Å². The van der Waals surface area contributed by atoms with E-state index in [1.54, 1.807) is 0 Å². The molecule has 70 valence electrons. The number of alkyl halides is 2. The fourth-order valence-corrected chi connectivity index (χ4v) is 0.896. The standard InChI is InChI=1S/C7H10Cl2O3/c1-12-3-2-6(11)7(9)5(8)4-10/h4-5,7H,2-3H2,1H3. The van der Waals surface area contributed by atoms with Crippen molar-refractivity contribution < 1.29 is 14.3 Å². The number of ether oxygens (including phenoxy) is 1. The van der Waals surface area contributed by atoms with Crippen LogP contribution in [-0.4, -0.2) is 36.5 Å². The van der Waals surface area contributed by atoms with Crippen LogP contribution in [0.2, 0.25) is 0 Å². The minimum absolute atomic E-state index is 0.182. The van der Waals surface area contributed by atoms with E-state index in [4.69, 9.17) is 23.2 Å².